The monoisotopic (exact) mass is 340 g/mol. The molecule has 5 heteroatoms. The predicted octanol–water partition coefficient (Wildman–Crippen LogP) is 3.18. The van der Waals surface area contributed by atoms with Gasteiger partial charge in [-0.15, -0.1) is 0 Å². The molecule has 1 aliphatic heterocycles. The van der Waals surface area contributed by atoms with Crippen LogP contribution in [-0.2, 0) is 13.0 Å². The number of aryl methyl sites for hydroxylation is 1. The van der Waals surface area contributed by atoms with Crippen molar-refractivity contribution in [2.45, 2.75) is 32.7 Å². The van der Waals surface area contributed by atoms with Gasteiger partial charge in [-0.25, -0.2) is 9.78 Å². The Labute approximate surface area is 150 Å². The highest BCUT2D eigenvalue weighted by molar-refractivity contribution is 5.73. The standard InChI is InChI=1S/C20H28N4O/c1-16-13-21-19(24(16)15-17-8-5-4-6-9-17)12-18-10-7-11-23(14-18)20(25)22(2)3/h4-6,8-9,13,18H,7,10-12,14-15H2,1-3H3. The molecule has 1 aromatic heterocycles. The number of piperidine rings is 1. The van der Waals surface area contributed by atoms with E-state index in [2.05, 4.69) is 40.7 Å². The van der Waals surface area contributed by atoms with E-state index in [1.165, 1.54) is 11.3 Å². The molecule has 1 fully saturated rings. The smallest absolute Gasteiger partial charge is 0.319 e. The van der Waals surface area contributed by atoms with Crippen molar-refractivity contribution in [3.63, 3.8) is 0 Å². The summed E-state index contributed by atoms with van der Waals surface area (Å²) >= 11 is 0. The molecule has 25 heavy (non-hydrogen) atoms. The Kier molecular flexibility index (Phi) is 5.41. The van der Waals surface area contributed by atoms with Gasteiger partial charge in [0.1, 0.15) is 5.82 Å². The summed E-state index contributed by atoms with van der Waals surface area (Å²) in [6.07, 6.45) is 5.12. The van der Waals surface area contributed by atoms with Gasteiger partial charge in [-0.2, -0.15) is 0 Å². The zero-order valence-electron chi connectivity index (χ0n) is 15.5. The van der Waals surface area contributed by atoms with Gasteiger partial charge >= 0.3 is 6.03 Å². The van der Waals surface area contributed by atoms with Gasteiger partial charge < -0.3 is 14.4 Å². The number of aromatic nitrogens is 2. The van der Waals surface area contributed by atoms with Crippen molar-refractivity contribution >= 4 is 6.03 Å². The molecule has 0 spiro atoms. The highest BCUT2D eigenvalue weighted by Crippen LogP contribution is 2.22. The molecular formula is C20H28N4O. The molecule has 0 aliphatic carbocycles. The first-order chi connectivity index (χ1) is 12.0. The summed E-state index contributed by atoms with van der Waals surface area (Å²) < 4.78 is 2.31. The average molecular weight is 340 g/mol. The summed E-state index contributed by atoms with van der Waals surface area (Å²) in [7, 11) is 3.64. The molecule has 2 aromatic rings. The first kappa shape index (κ1) is 17.5. The quantitative estimate of drug-likeness (QED) is 0.858. The largest absolute Gasteiger partial charge is 0.331 e. The highest BCUT2D eigenvalue weighted by Gasteiger charge is 2.26. The Bertz CT molecular complexity index is 708. The normalized spacial score (nSPS) is 17.6. The van der Waals surface area contributed by atoms with Gasteiger partial charge in [0, 0.05) is 52.0 Å². The molecule has 2 amide bonds. The molecule has 1 atom stereocenters. The lowest BCUT2D eigenvalue weighted by atomic mass is 9.94. The fourth-order valence-corrected chi connectivity index (χ4v) is 3.60. The number of benzene rings is 1. The summed E-state index contributed by atoms with van der Waals surface area (Å²) in [5.74, 6) is 1.61. The zero-order valence-corrected chi connectivity index (χ0v) is 15.5. The van der Waals surface area contributed by atoms with E-state index in [4.69, 9.17) is 0 Å². The maximum atomic E-state index is 12.2. The van der Waals surface area contributed by atoms with Gasteiger partial charge in [0.15, 0.2) is 0 Å². The van der Waals surface area contributed by atoms with Crippen molar-refractivity contribution in [2.24, 2.45) is 5.92 Å². The van der Waals surface area contributed by atoms with E-state index >= 15 is 0 Å². The number of urea groups is 1. The van der Waals surface area contributed by atoms with Crippen molar-refractivity contribution < 1.29 is 4.79 Å². The minimum atomic E-state index is 0.119. The van der Waals surface area contributed by atoms with E-state index in [0.29, 0.717) is 5.92 Å². The number of rotatable bonds is 4. The van der Waals surface area contributed by atoms with Crippen LogP contribution in [0.3, 0.4) is 0 Å². The van der Waals surface area contributed by atoms with Crippen LogP contribution in [0.1, 0.15) is 29.9 Å². The number of carbonyl (C=O) groups is 1. The lowest BCUT2D eigenvalue weighted by molar-refractivity contribution is 0.142. The first-order valence-corrected chi connectivity index (χ1v) is 9.05. The van der Waals surface area contributed by atoms with E-state index in [1.807, 2.05) is 31.3 Å². The molecule has 2 heterocycles. The van der Waals surface area contributed by atoms with Crippen LogP contribution in [0.5, 0.6) is 0 Å². The number of amides is 2. The van der Waals surface area contributed by atoms with Crippen LogP contribution in [-0.4, -0.2) is 52.6 Å². The van der Waals surface area contributed by atoms with Crippen molar-refractivity contribution in [1.82, 2.24) is 19.4 Å². The summed E-state index contributed by atoms with van der Waals surface area (Å²) in [4.78, 5) is 20.5. The molecule has 134 valence electrons. The number of likely N-dealkylation sites (tertiary alicyclic amines) is 1. The minimum Gasteiger partial charge on any atom is -0.331 e. The molecule has 1 saturated heterocycles. The molecule has 0 saturated carbocycles. The second-order valence-corrected chi connectivity index (χ2v) is 7.22. The van der Waals surface area contributed by atoms with Crippen molar-refractivity contribution in [3.8, 4) is 0 Å². The van der Waals surface area contributed by atoms with Gasteiger partial charge in [0.2, 0.25) is 0 Å². The molecule has 1 aliphatic rings. The number of nitrogens with zero attached hydrogens (tertiary/aromatic N) is 4. The molecule has 0 N–H and O–H groups in total. The second kappa shape index (κ2) is 7.72. The third-order valence-electron chi connectivity index (χ3n) is 4.96. The Morgan fingerprint density at radius 1 is 1.28 bits per heavy atom. The second-order valence-electron chi connectivity index (χ2n) is 7.22. The third kappa shape index (κ3) is 4.21. The van der Waals surface area contributed by atoms with Crippen molar-refractivity contribution in [1.29, 1.82) is 0 Å². The SMILES string of the molecule is Cc1cnc(CC2CCCN(C(=O)N(C)C)C2)n1Cc1ccccc1. The first-order valence-electron chi connectivity index (χ1n) is 9.05. The summed E-state index contributed by atoms with van der Waals surface area (Å²) in [5.41, 5.74) is 2.48. The Morgan fingerprint density at radius 2 is 2.04 bits per heavy atom. The van der Waals surface area contributed by atoms with Crippen LogP contribution in [0, 0.1) is 12.8 Å². The van der Waals surface area contributed by atoms with Crippen molar-refractivity contribution in [3.05, 3.63) is 53.6 Å². The Balaban J connectivity index is 1.70. The summed E-state index contributed by atoms with van der Waals surface area (Å²) in [5, 5.41) is 0. The van der Waals surface area contributed by atoms with Crippen LogP contribution in [0.25, 0.3) is 0 Å². The van der Waals surface area contributed by atoms with E-state index in [-0.39, 0.29) is 6.03 Å². The highest BCUT2D eigenvalue weighted by atomic mass is 16.2. The number of hydrogen-bond donors (Lipinski definition) is 0. The maximum absolute atomic E-state index is 12.2. The van der Waals surface area contributed by atoms with Gasteiger partial charge in [-0.3, -0.25) is 0 Å². The average Bonchev–Trinajstić information content (AvgIpc) is 2.95. The fraction of sp³-hybridized carbons (Fsp3) is 0.500. The molecule has 5 nitrogen and oxygen atoms in total. The lowest BCUT2D eigenvalue weighted by Crippen LogP contribution is -2.45. The van der Waals surface area contributed by atoms with Crippen molar-refractivity contribution in [2.75, 3.05) is 27.2 Å². The van der Waals surface area contributed by atoms with E-state index < -0.39 is 0 Å². The Hall–Kier alpha value is -2.30. The third-order valence-corrected chi connectivity index (χ3v) is 4.96. The molecule has 1 aromatic carbocycles. The van der Waals surface area contributed by atoms with Gasteiger partial charge in [-0.05, 0) is 31.2 Å². The topological polar surface area (TPSA) is 41.4 Å². The van der Waals surface area contributed by atoms with E-state index in [1.54, 1.807) is 4.90 Å². The molecular weight excluding hydrogens is 312 g/mol. The van der Waals surface area contributed by atoms with Crippen LogP contribution in [0.15, 0.2) is 36.5 Å². The number of hydrogen-bond acceptors (Lipinski definition) is 2. The fourth-order valence-electron chi connectivity index (χ4n) is 3.60. The zero-order chi connectivity index (χ0) is 17.8. The number of carbonyl (C=O) groups excluding carboxylic acids is 1. The van der Waals surface area contributed by atoms with Gasteiger partial charge in [0.05, 0.1) is 0 Å². The van der Waals surface area contributed by atoms with E-state index in [9.17, 15) is 4.79 Å². The van der Waals surface area contributed by atoms with Crippen LogP contribution in [0.4, 0.5) is 4.79 Å². The van der Waals surface area contributed by atoms with Crippen LogP contribution in [0.2, 0.25) is 0 Å². The van der Waals surface area contributed by atoms with Gasteiger partial charge in [-0.1, -0.05) is 30.3 Å². The van der Waals surface area contributed by atoms with Gasteiger partial charge in [0.25, 0.3) is 0 Å². The molecule has 3 rings (SSSR count). The lowest BCUT2D eigenvalue weighted by Gasteiger charge is -2.34. The maximum Gasteiger partial charge on any atom is 0.319 e. The Morgan fingerprint density at radius 3 is 2.76 bits per heavy atom. The minimum absolute atomic E-state index is 0.119. The summed E-state index contributed by atoms with van der Waals surface area (Å²) in [6.45, 7) is 4.66. The molecule has 0 bridgehead atoms. The molecule has 0 radical (unpaired) electrons. The predicted molar refractivity (Wildman–Crippen MR) is 99.6 cm³/mol. The summed E-state index contributed by atoms with van der Waals surface area (Å²) in [6, 6.07) is 10.6. The van der Waals surface area contributed by atoms with E-state index in [0.717, 1.165) is 44.7 Å². The molecule has 1 unspecified atom stereocenters. The van der Waals surface area contributed by atoms with Crippen LogP contribution < -0.4 is 0 Å². The van der Waals surface area contributed by atoms with Crippen LogP contribution >= 0.6 is 0 Å². The number of imidazole rings is 1.